The maximum absolute atomic E-state index is 6.37. The van der Waals surface area contributed by atoms with Crippen LogP contribution < -0.4 is 5.73 Å². The van der Waals surface area contributed by atoms with Crippen LogP contribution in [0.1, 0.15) is 62.6 Å². The standard InChI is InChI=1S/C15H23N.ClH/c1-11(2)13-8-5-9-14(10-13)15(16)12-6-3-4-7-12;/h5,8-12,15H,3-4,6-7,16H2,1-2H3;1H/t15-;/m1./s1. The normalized spacial score (nSPS) is 18.1. The van der Waals surface area contributed by atoms with Gasteiger partial charge in [-0.1, -0.05) is 51.0 Å². The molecule has 1 aliphatic rings. The summed E-state index contributed by atoms with van der Waals surface area (Å²) in [6.07, 6.45) is 5.35. The van der Waals surface area contributed by atoms with Crippen molar-refractivity contribution in [1.82, 2.24) is 0 Å². The van der Waals surface area contributed by atoms with Crippen LogP contribution >= 0.6 is 12.4 Å². The lowest BCUT2D eigenvalue weighted by Crippen LogP contribution is -2.19. The zero-order valence-electron chi connectivity index (χ0n) is 10.9. The molecule has 0 radical (unpaired) electrons. The van der Waals surface area contributed by atoms with E-state index in [1.807, 2.05) is 0 Å². The topological polar surface area (TPSA) is 26.0 Å². The molecule has 0 saturated heterocycles. The molecule has 1 nitrogen and oxygen atoms in total. The minimum absolute atomic E-state index is 0. The summed E-state index contributed by atoms with van der Waals surface area (Å²) in [6.45, 7) is 4.47. The van der Waals surface area contributed by atoms with Crippen LogP contribution in [0.3, 0.4) is 0 Å². The zero-order valence-corrected chi connectivity index (χ0v) is 11.7. The van der Waals surface area contributed by atoms with Gasteiger partial charge in [-0.3, -0.25) is 0 Å². The maximum Gasteiger partial charge on any atom is 0.0323 e. The Labute approximate surface area is 111 Å². The summed E-state index contributed by atoms with van der Waals surface area (Å²) in [5, 5.41) is 0. The Bertz CT molecular complexity index is 343. The summed E-state index contributed by atoms with van der Waals surface area (Å²) in [6, 6.07) is 9.10. The second-order valence-corrected chi connectivity index (χ2v) is 5.40. The molecule has 1 atom stereocenters. The maximum atomic E-state index is 6.37. The SMILES string of the molecule is CC(C)c1cccc([C@H](N)C2CCCC2)c1.Cl. The summed E-state index contributed by atoms with van der Waals surface area (Å²) < 4.78 is 0. The first-order chi connectivity index (χ1) is 7.68. The molecule has 2 rings (SSSR count). The van der Waals surface area contributed by atoms with Crippen molar-refractivity contribution in [3.05, 3.63) is 35.4 Å². The molecule has 1 fully saturated rings. The van der Waals surface area contributed by atoms with Gasteiger partial charge >= 0.3 is 0 Å². The third-order valence-electron chi connectivity index (χ3n) is 3.87. The highest BCUT2D eigenvalue weighted by Gasteiger charge is 2.23. The lowest BCUT2D eigenvalue weighted by atomic mass is 9.90. The second-order valence-electron chi connectivity index (χ2n) is 5.40. The molecule has 0 aliphatic heterocycles. The molecular weight excluding hydrogens is 230 g/mol. The van der Waals surface area contributed by atoms with Gasteiger partial charge in [-0.05, 0) is 35.8 Å². The first-order valence-corrected chi connectivity index (χ1v) is 6.54. The Morgan fingerprint density at radius 1 is 1.12 bits per heavy atom. The number of nitrogens with two attached hydrogens (primary N) is 1. The lowest BCUT2D eigenvalue weighted by molar-refractivity contribution is 0.444. The molecule has 1 aliphatic carbocycles. The molecule has 0 spiro atoms. The van der Waals surface area contributed by atoms with Gasteiger partial charge < -0.3 is 5.73 Å². The van der Waals surface area contributed by atoms with Gasteiger partial charge in [0.1, 0.15) is 0 Å². The first kappa shape index (κ1) is 14.5. The molecule has 2 heteroatoms. The third-order valence-corrected chi connectivity index (χ3v) is 3.87. The molecule has 0 heterocycles. The number of halogens is 1. The van der Waals surface area contributed by atoms with Crippen LogP contribution in [0.25, 0.3) is 0 Å². The van der Waals surface area contributed by atoms with Crippen LogP contribution in [0.5, 0.6) is 0 Å². The van der Waals surface area contributed by atoms with Gasteiger partial charge in [-0.25, -0.2) is 0 Å². The predicted octanol–water partition coefficient (Wildman–Crippen LogP) is 4.42. The molecule has 2 N–H and O–H groups in total. The molecular formula is C15H24ClN. The molecule has 0 bridgehead atoms. The van der Waals surface area contributed by atoms with Crippen molar-refractivity contribution < 1.29 is 0 Å². The fraction of sp³-hybridized carbons (Fsp3) is 0.600. The van der Waals surface area contributed by atoms with Gasteiger partial charge in [0.25, 0.3) is 0 Å². The van der Waals surface area contributed by atoms with Crippen LogP contribution in [0.15, 0.2) is 24.3 Å². The van der Waals surface area contributed by atoms with E-state index in [1.54, 1.807) is 0 Å². The van der Waals surface area contributed by atoms with E-state index in [2.05, 4.69) is 38.1 Å². The Morgan fingerprint density at radius 2 is 1.71 bits per heavy atom. The summed E-state index contributed by atoms with van der Waals surface area (Å²) >= 11 is 0. The average molecular weight is 254 g/mol. The van der Waals surface area contributed by atoms with E-state index in [0.717, 1.165) is 0 Å². The van der Waals surface area contributed by atoms with Gasteiger partial charge in [-0.2, -0.15) is 0 Å². The Morgan fingerprint density at radius 3 is 2.29 bits per heavy atom. The molecule has 1 aromatic rings. The summed E-state index contributed by atoms with van der Waals surface area (Å²) in [5.74, 6) is 1.30. The van der Waals surface area contributed by atoms with Gasteiger partial charge in [-0.15, -0.1) is 12.4 Å². The highest BCUT2D eigenvalue weighted by Crippen LogP contribution is 2.34. The second kappa shape index (κ2) is 6.42. The minimum Gasteiger partial charge on any atom is -0.324 e. The summed E-state index contributed by atoms with van der Waals surface area (Å²) in [5.41, 5.74) is 9.11. The van der Waals surface area contributed by atoms with Crippen LogP contribution in [0.2, 0.25) is 0 Å². The average Bonchev–Trinajstić information content (AvgIpc) is 2.81. The smallest absolute Gasteiger partial charge is 0.0323 e. The number of hydrogen-bond donors (Lipinski definition) is 1. The van der Waals surface area contributed by atoms with E-state index in [0.29, 0.717) is 11.8 Å². The summed E-state index contributed by atoms with van der Waals surface area (Å²) in [4.78, 5) is 0. The van der Waals surface area contributed by atoms with Crippen molar-refractivity contribution >= 4 is 12.4 Å². The van der Waals surface area contributed by atoms with E-state index in [1.165, 1.54) is 36.8 Å². The van der Waals surface area contributed by atoms with E-state index in [-0.39, 0.29) is 18.4 Å². The largest absolute Gasteiger partial charge is 0.324 e. The van der Waals surface area contributed by atoms with E-state index in [4.69, 9.17) is 5.73 Å². The molecule has 1 saturated carbocycles. The number of hydrogen-bond acceptors (Lipinski definition) is 1. The fourth-order valence-corrected chi connectivity index (χ4v) is 2.71. The fourth-order valence-electron chi connectivity index (χ4n) is 2.71. The monoisotopic (exact) mass is 253 g/mol. The van der Waals surface area contributed by atoms with Crippen molar-refractivity contribution in [3.8, 4) is 0 Å². The molecule has 0 aromatic heterocycles. The van der Waals surface area contributed by atoms with E-state index in [9.17, 15) is 0 Å². The predicted molar refractivity (Wildman–Crippen MR) is 76.7 cm³/mol. The van der Waals surface area contributed by atoms with Gasteiger partial charge in [0.05, 0.1) is 0 Å². The number of rotatable bonds is 3. The van der Waals surface area contributed by atoms with Crippen LogP contribution in [0, 0.1) is 5.92 Å². The molecule has 0 unspecified atom stereocenters. The van der Waals surface area contributed by atoms with E-state index < -0.39 is 0 Å². The van der Waals surface area contributed by atoms with Crippen molar-refractivity contribution in [1.29, 1.82) is 0 Å². The van der Waals surface area contributed by atoms with Crippen molar-refractivity contribution in [2.24, 2.45) is 11.7 Å². The quantitative estimate of drug-likeness (QED) is 0.848. The van der Waals surface area contributed by atoms with Crippen LogP contribution in [-0.4, -0.2) is 0 Å². The zero-order chi connectivity index (χ0) is 11.5. The highest BCUT2D eigenvalue weighted by molar-refractivity contribution is 5.85. The molecule has 96 valence electrons. The van der Waals surface area contributed by atoms with Gasteiger partial charge in [0, 0.05) is 6.04 Å². The molecule has 0 amide bonds. The highest BCUT2D eigenvalue weighted by atomic mass is 35.5. The van der Waals surface area contributed by atoms with Crippen LogP contribution in [0.4, 0.5) is 0 Å². The minimum atomic E-state index is 0. The van der Waals surface area contributed by atoms with Crippen molar-refractivity contribution in [2.45, 2.75) is 51.5 Å². The van der Waals surface area contributed by atoms with E-state index >= 15 is 0 Å². The first-order valence-electron chi connectivity index (χ1n) is 6.54. The molecule has 17 heavy (non-hydrogen) atoms. The Hall–Kier alpha value is -0.530. The van der Waals surface area contributed by atoms with Crippen molar-refractivity contribution in [2.75, 3.05) is 0 Å². The summed E-state index contributed by atoms with van der Waals surface area (Å²) in [7, 11) is 0. The third kappa shape index (κ3) is 3.46. The molecule has 1 aromatic carbocycles. The Kier molecular flexibility index (Phi) is 5.48. The van der Waals surface area contributed by atoms with Crippen molar-refractivity contribution in [3.63, 3.8) is 0 Å². The Balaban J connectivity index is 0.00000144. The lowest BCUT2D eigenvalue weighted by Gasteiger charge is -2.20. The van der Waals surface area contributed by atoms with Crippen LogP contribution in [-0.2, 0) is 0 Å². The van der Waals surface area contributed by atoms with Gasteiger partial charge in [0.15, 0.2) is 0 Å². The van der Waals surface area contributed by atoms with Gasteiger partial charge in [0.2, 0.25) is 0 Å². The number of benzene rings is 1.